The molecule has 0 saturated carbocycles. The van der Waals surface area contributed by atoms with Gasteiger partial charge in [0, 0.05) is 12.2 Å². The maximum atomic E-state index is 12.9. The third kappa shape index (κ3) is 2.63. The molecule has 0 radical (unpaired) electrons. The number of rotatable bonds is 3. The molecule has 1 heterocycles. The van der Waals surface area contributed by atoms with E-state index in [2.05, 4.69) is 4.98 Å². The number of nitrogens with zero attached hydrogens (tertiary/aromatic N) is 1. The molecule has 0 spiro atoms. The lowest BCUT2D eigenvalue weighted by molar-refractivity contribution is 0.0984. The van der Waals surface area contributed by atoms with Gasteiger partial charge in [0.2, 0.25) is 0 Å². The number of amides is 1. The van der Waals surface area contributed by atoms with Crippen molar-refractivity contribution in [2.24, 2.45) is 0 Å². The standard InChI is InChI=1S/C18H15ClN2O3/c1-2-21(11-7-4-3-5-8-11)18(24)15-16(22)14-12(19)9-6-10-13(14)20-17(15)23/h3-10H,2H2,1H3,(H2,20,22,23). The number of hydrogen-bond donors (Lipinski definition) is 2. The van der Waals surface area contributed by atoms with E-state index >= 15 is 0 Å². The number of carbonyl (C=O) groups excluding carboxylic acids is 1. The number of anilines is 1. The van der Waals surface area contributed by atoms with Crippen LogP contribution in [0.2, 0.25) is 5.02 Å². The van der Waals surface area contributed by atoms with Crippen molar-refractivity contribution in [2.75, 3.05) is 11.4 Å². The maximum Gasteiger partial charge on any atom is 0.267 e. The highest BCUT2D eigenvalue weighted by Gasteiger charge is 2.25. The molecule has 24 heavy (non-hydrogen) atoms. The average molecular weight is 343 g/mol. The van der Waals surface area contributed by atoms with Gasteiger partial charge in [0.1, 0.15) is 11.3 Å². The lowest BCUT2D eigenvalue weighted by Crippen LogP contribution is -2.34. The van der Waals surface area contributed by atoms with E-state index in [-0.39, 0.29) is 16.0 Å². The molecule has 3 rings (SSSR count). The Balaban J connectivity index is 2.20. The topological polar surface area (TPSA) is 73.4 Å². The van der Waals surface area contributed by atoms with Gasteiger partial charge in [-0.25, -0.2) is 0 Å². The van der Waals surface area contributed by atoms with Gasteiger partial charge < -0.3 is 15.0 Å². The van der Waals surface area contributed by atoms with E-state index < -0.39 is 17.2 Å². The number of nitrogens with one attached hydrogen (secondary N) is 1. The largest absolute Gasteiger partial charge is 0.506 e. The molecule has 0 fully saturated rings. The van der Waals surface area contributed by atoms with Gasteiger partial charge in [0.15, 0.2) is 0 Å². The molecule has 0 aliphatic heterocycles. The lowest BCUT2D eigenvalue weighted by Gasteiger charge is -2.21. The van der Waals surface area contributed by atoms with Crippen LogP contribution in [-0.4, -0.2) is 22.5 Å². The normalized spacial score (nSPS) is 10.8. The second kappa shape index (κ2) is 6.37. The van der Waals surface area contributed by atoms with Crippen molar-refractivity contribution >= 4 is 34.1 Å². The van der Waals surface area contributed by atoms with E-state index in [0.717, 1.165) is 0 Å². The van der Waals surface area contributed by atoms with Crippen molar-refractivity contribution in [2.45, 2.75) is 6.92 Å². The Kier molecular flexibility index (Phi) is 4.27. The number of para-hydroxylation sites is 1. The number of halogens is 1. The first kappa shape index (κ1) is 16.1. The van der Waals surface area contributed by atoms with Crippen LogP contribution in [0, 0.1) is 0 Å². The van der Waals surface area contributed by atoms with Crippen LogP contribution in [0.1, 0.15) is 17.3 Å². The van der Waals surface area contributed by atoms with Gasteiger partial charge in [-0.05, 0) is 31.2 Å². The van der Waals surface area contributed by atoms with E-state index in [1.807, 2.05) is 6.07 Å². The molecule has 1 amide bonds. The van der Waals surface area contributed by atoms with Gasteiger partial charge in [-0.15, -0.1) is 0 Å². The summed E-state index contributed by atoms with van der Waals surface area (Å²) in [5.41, 5.74) is 0.0512. The van der Waals surface area contributed by atoms with Crippen LogP contribution in [-0.2, 0) is 0 Å². The zero-order chi connectivity index (χ0) is 17.3. The average Bonchev–Trinajstić information content (AvgIpc) is 2.56. The van der Waals surface area contributed by atoms with Crippen molar-refractivity contribution in [3.05, 3.63) is 69.5 Å². The number of hydrogen-bond acceptors (Lipinski definition) is 3. The van der Waals surface area contributed by atoms with Crippen molar-refractivity contribution in [3.63, 3.8) is 0 Å². The number of pyridine rings is 1. The van der Waals surface area contributed by atoms with Gasteiger partial charge in [0.25, 0.3) is 11.5 Å². The Bertz CT molecular complexity index is 967. The Hall–Kier alpha value is -2.79. The fourth-order valence-corrected chi connectivity index (χ4v) is 2.94. The fourth-order valence-electron chi connectivity index (χ4n) is 2.67. The van der Waals surface area contributed by atoms with E-state index in [1.54, 1.807) is 49.4 Å². The van der Waals surface area contributed by atoms with Crippen LogP contribution in [0.3, 0.4) is 0 Å². The summed E-state index contributed by atoms with van der Waals surface area (Å²) in [7, 11) is 0. The monoisotopic (exact) mass is 342 g/mol. The summed E-state index contributed by atoms with van der Waals surface area (Å²) in [6.07, 6.45) is 0. The molecule has 0 aliphatic rings. The summed E-state index contributed by atoms with van der Waals surface area (Å²) in [4.78, 5) is 29.3. The summed E-state index contributed by atoms with van der Waals surface area (Å²) < 4.78 is 0. The number of benzene rings is 2. The van der Waals surface area contributed by atoms with Crippen LogP contribution >= 0.6 is 11.6 Å². The number of aromatic hydroxyl groups is 1. The number of fused-ring (bicyclic) bond motifs is 1. The number of carbonyl (C=O) groups is 1. The minimum atomic E-state index is -0.651. The van der Waals surface area contributed by atoms with Crippen LogP contribution in [0.15, 0.2) is 53.3 Å². The summed E-state index contributed by atoms with van der Waals surface area (Å²) in [6, 6.07) is 13.8. The molecule has 122 valence electrons. The van der Waals surface area contributed by atoms with Crippen molar-refractivity contribution in [3.8, 4) is 5.75 Å². The van der Waals surface area contributed by atoms with Gasteiger partial charge in [-0.2, -0.15) is 0 Å². The third-order valence-electron chi connectivity index (χ3n) is 3.81. The molecule has 6 heteroatoms. The minimum Gasteiger partial charge on any atom is -0.506 e. The Morgan fingerprint density at radius 2 is 1.88 bits per heavy atom. The molecule has 0 bridgehead atoms. The van der Waals surface area contributed by atoms with E-state index in [1.165, 1.54) is 4.90 Å². The zero-order valence-corrected chi connectivity index (χ0v) is 13.7. The Morgan fingerprint density at radius 1 is 1.17 bits per heavy atom. The van der Waals surface area contributed by atoms with Gasteiger partial charge >= 0.3 is 0 Å². The first-order chi connectivity index (χ1) is 11.5. The Labute approximate surface area is 143 Å². The van der Waals surface area contributed by atoms with Crippen molar-refractivity contribution in [1.82, 2.24) is 4.98 Å². The van der Waals surface area contributed by atoms with E-state index in [9.17, 15) is 14.7 Å². The molecular formula is C18H15ClN2O3. The molecule has 0 aliphatic carbocycles. The zero-order valence-electron chi connectivity index (χ0n) is 12.9. The van der Waals surface area contributed by atoms with E-state index in [0.29, 0.717) is 17.7 Å². The highest BCUT2D eigenvalue weighted by atomic mass is 35.5. The van der Waals surface area contributed by atoms with Crippen LogP contribution in [0.25, 0.3) is 10.9 Å². The highest BCUT2D eigenvalue weighted by Crippen LogP contribution is 2.32. The molecule has 5 nitrogen and oxygen atoms in total. The smallest absolute Gasteiger partial charge is 0.267 e. The summed E-state index contributed by atoms with van der Waals surface area (Å²) >= 11 is 6.11. The van der Waals surface area contributed by atoms with Gasteiger partial charge in [-0.1, -0.05) is 35.9 Å². The third-order valence-corrected chi connectivity index (χ3v) is 4.12. The second-order valence-corrected chi connectivity index (χ2v) is 5.63. The molecule has 3 aromatic rings. The summed E-state index contributed by atoms with van der Waals surface area (Å²) in [5.74, 6) is -0.983. The molecule has 2 N–H and O–H groups in total. The van der Waals surface area contributed by atoms with E-state index in [4.69, 9.17) is 11.6 Å². The van der Waals surface area contributed by atoms with Gasteiger partial charge in [0.05, 0.1) is 15.9 Å². The summed E-state index contributed by atoms with van der Waals surface area (Å²) in [5, 5.41) is 11.0. The predicted octanol–water partition coefficient (Wildman–Crippen LogP) is 3.55. The predicted molar refractivity (Wildman–Crippen MR) is 95.0 cm³/mol. The first-order valence-corrected chi connectivity index (χ1v) is 7.82. The minimum absolute atomic E-state index is 0.256. The lowest BCUT2D eigenvalue weighted by atomic mass is 10.1. The van der Waals surface area contributed by atoms with Crippen LogP contribution in [0.5, 0.6) is 5.75 Å². The highest BCUT2D eigenvalue weighted by molar-refractivity contribution is 6.36. The molecular weight excluding hydrogens is 328 g/mol. The number of H-pyrrole nitrogens is 1. The Morgan fingerprint density at radius 3 is 2.54 bits per heavy atom. The summed E-state index contributed by atoms with van der Waals surface area (Å²) in [6.45, 7) is 2.15. The number of aromatic amines is 1. The molecule has 0 atom stereocenters. The fraction of sp³-hybridized carbons (Fsp3) is 0.111. The van der Waals surface area contributed by atoms with Crippen molar-refractivity contribution in [1.29, 1.82) is 0 Å². The molecule has 0 unspecified atom stereocenters. The quantitative estimate of drug-likeness (QED) is 0.764. The first-order valence-electron chi connectivity index (χ1n) is 7.45. The maximum absolute atomic E-state index is 12.9. The van der Waals surface area contributed by atoms with Crippen LogP contribution in [0.4, 0.5) is 5.69 Å². The number of aromatic nitrogens is 1. The second-order valence-electron chi connectivity index (χ2n) is 5.23. The van der Waals surface area contributed by atoms with Crippen molar-refractivity contribution < 1.29 is 9.90 Å². The molecule has 0 saturated heterocycles. The van der Waals surface area contributed by atoms with Gasteiger partial charge in [-0.3, -0.25) is 9.59 Å². The molecule has 2 aromatic carbocycles. The SMILES string of the molecule is CCN(C(=O)c1c(O)c2c(Cl)cccc2[nH]c1=O)c1ccccc1. The van der Waals surface area contributed by atoms with Crippen LogP contribution < -0.4 is 10.5 Å². The molecule has 1 aromatic heterocycles.